The first-order chi connectivity index (χ1) is 8.28. The van der Waals surface area contributed by atoms with Crippen molar-refractivity contribution >= 4 is 0 Å². The van der Waals surface area contributed by atoms with Crippen LogP contribution in [0, 0.1) is 0 Å². The molecule has 3 rings (SSSR count). The van der Waals surface area contributed by atoms with Gasteiger partial charge in [0, 0.05) is 5.56 Å². The molecule has 0 radical (unpaired) electrons. The van der Waals surface area contributed by atoms with Crippen LogP contribution in [0.15, 0.2) is 18.2 Å². The van der Waals surface area contributed by atoms with E-state index in [-0.39, 0.29) is 0 Å². The average Bonchev–Trinajstić information content (AvgIpc) is 2.39. The van der Waals surface area contributed by atoms with E-state index in [0.717, 1.165) is 19.6 Å². The highest BCUT2D eigenvalue weighted by Crippen LogP contribution is 2.33. The van der Waals surface area contributed by atoms with Gasteiger partial charge in [0.1, 0.15) is 0 Å². The van der Waals surface area contributed by atoms with Crippen molar-refractivity contribution in [3.8, 4) is 0 Å². The predicted octanol–water partition coefficient (Wildman–Crippen LogP) is 3.18. The molecule has 0 atom stereocenters. The number of aryl methyl sites for hydroxylation is 2. The van der Waals surface area contributed by atoms with Crippen molar-refractivity contribution in [3.05, 3.63) is 34.9 Å². The molecule has 1 fully saturated rings. The van der Waals surface area contributed by atoms with Crippen LogP contribution in [-0.2, 0) is 28.1 Å². The summed E-state index contributed by atoms with van der Waals surface area (Å²) in [6, 6.07) is 6.73. The summed E-state index contributed by atoms with van der Waals surface area (Å²) >= 11 is 0. The highest BCUT2D eigenvalue weighted by Gasteiger charge is 2.31. The van der Waals surface area contributed by atoms with E-state index in [2.05, 4.69) is 18.2 Å². The zero-order valence-corrected chi connectivity index (χ0v) is 10.5. The molecule has 0 spiro atoms. The van der Waals surface area contributed by atoms with Crippen LogP contribution >= 0.6 is 0 Å². The van der Waals surface area contributed by atoms with E-state index < -0.39 is 5.79 Å². The lowest BCUT2D eigenvalue weighted by Gasteiger charge is -2.35. The van der Waals surface area contributed by atoms with Crippen LogP contribution in [0.1, 0.15) is 42.9 Å². The normalized spacial score (nSPS) is 23.1. The van der Waals surface area contributed by atoms with Crippen molar-refractivity contribution in [3.63, 3.8) is 0 Å². The molecule has 1 aromatic carbocycles. The van der Waals surface area contributed by atoms with Gasteiger partial charge in [0.05, 0.1) is 13.2 Å². The molecule has 2 heteroatoms. The summed E-state index contributed by atoms with van der Waals surface area (Å²) in [7, 11) is 0. The second-order valence-corrected chi connectivity index (χ2v) is 5.19. The molecular formula is C15H20O2. The van der Waals surface area contributed by atoms with Crippen molar-refractivity contribution in [2.45, 2.75) is 44.8 Å². The summed E-state index contributed by atoms with van der Waals surface area (Å²) in [5.74, 6) is -0.523. The second-order valence-electron chi connectivity index (χ2n) is 5.19. The summed E-state index contributed by atoms with van der Waals surface area (Å²) in [6.45, 7) is 3.64. The van der Waals surface area contributed by atoms with Crippen molar-refractivity contribution in [2.75, 3.05) is 13.2 Å². The number of hydrogen-bond acceptors (Lipinski definition) is 2. The van der Waals surface area contributed by atoms with Gasteiger partial charge >= 0.3 is 0 Å². The van der Waals surface area contributed by atoms with Gasteiger partial charge in [-0.05, 0) is 50.2 Å². The molecule has 0 bridgehead atoms. The number of benzene rings is 1. The van der Waals surface area contributed by atoms with E-state index >= 15 is 0 Å². The Morgan fingerprint density at radius 3 is 2.41 bits per heavy atom. The lowest BCUT2D eigenvalue weighted by atomic mass is 9.89. The first-order valence-corrected chi connectivity index (χ1v) is 6.68. The maximum atomic E-state index is 5.82. The molecule has 1 saturated heterocycles. The van der Waals surface area contributed by atoms with Gasteiger partial charge in [-0.15, -0.1) is 0 Å². The molecule has 1 aliphatic carbocycles. The maximum Gasteiger partial charge on any atom is 0.191 e. The molecular weight excluding hydrogens is 212 g/mol. The van der Waals surface area contributed by atoms with E-state index in [9.17, 15) is 0 Å². The van der Waals surface area contributed by atoms with Crippen LogP contribution in [0.3, 0.4) is 0 Å². The largest absolute Gasteiger partial charge is 0.346 e. The van der Waals surface area contributed by atoms with Crippen LogP contribution < -0.4 is 0 Å². The minimum atomic E-state index is -0.523. The zero-order valence-electron chi connectivity index (χ0n) is 10.5. The van der Waals surface area contributed by atoms with Crippen LogP contribution in [0.4, 0.5) is 0 Å². The molecule has 0 aromatic heterocycles. The van der Waals surface area contributed by atoms with E-state index in [4.69, 9.17) is 9.47 Å². The molecule has 0 N–H and O–H groups in total. The molecule has 2 aliphatic rings. The van der Waals surface area contributed by atoms with Crippen molar-refractivity contribution in [2.24, 2.45) is 0 Å². The second kappa shape index (κ2) is 4.43. The molecule has 0 amide bonds. The highest BCUT2D eigenvalue weighted by molar-refractivity contribution is 5.35. The van der Waals surface area contributed by atoms with Gasteiger partial charge in [-0.25, -0.2) is 0 Å². The van der Waals surface area contributed by atoms with Crippen LogP contribution in [0.2, 0.25) is 0 Å². The minimum absolute atomic E-state index is 0.523. The zero-order chi connectivity index (χ0) is 11.7. The first-order valence-electron chi connectivity index (χ1n) is 6.68. The van der Waals surface area contributed by atoms with Crippen LogP contribution in [0.5, 0.6) is 0 Å². The molecule has 1 aliphatic heterocycles. The third kappa shape index (κ3) is 2.12. The first kappa shape index (κ1) is 11.2. The Labute approximate surface area is 103 Å². The van der Waals surface area contributed by atoms with Gasteiger partial charge in [0.15, 0.2) is 5.79 Å². The highest BCUT2D eigenvalue weighted by atomic mass is 16.7. The third-order valence-electron chi connectivity index (χ3n) is 3.92. The van der Waals surface area contributed by atoms with Gasteiger partial charge in [-0.2, -0.15) is 0 Å². The van der Waals surface area contributed by atoms with Crippen molar-refractivity contribution in [1.29, 1.82) is 0 Å². The fourth-order valence-electron chi connectivity index (χ4n) is 2.82. The lowest BCUT2D eigenvalue weighted by molar-refractivity contribution is -0.264. The van der Waals surface area contributed by atoms with Crippen LogP contribution in [-0.4, -0.2) is 13.2 Å². The molecule has 17 heavy (non-hydrogen) atoms. The molecule has 1 aromatic rings. The number of fused-ring (bicyclic) bond motifs is 1. The van der Waals surface area contributed by atoms with Gasteiger partial charge < -0.3 is 9.47 Å². The maximum absolute atomic E-state index is 5.82. The van der Waals surface area contributed by atoms with Crippen molar-refractivity contribution in [1.82, 2.24) is 0 Å². The summed E-state index contributed by atoms with van der Waals surface area (Å²) < 4.78 is 11.6. The van der Waals surface area contributed by atoms with Gasteiger partial charge in [-0.3, -0.25) is 0 Å². The molecule has 1 heterocycles. The summed E-state index contributed by atoms with van der Waals surface area (Å²) in [6.07, 6.45) is 6.08. The monoisotopic (exact) mass is 232 g/mol. The Bertz CT molecular complexity index is 405. The molecule has 2 nitrogen and oxygen atoms in total. The third-order valence-corrected chi connectivity index (χ3v) is 3.92. The Hall–Kier alpha value is -0.860. The lowest BCUT2D eigenvalue weighted by Crippen LogP contribution is -2.35. The standard InChI is InChI=1S/C15H20O2/c1-15(16-9-4-10-17-15)14-8-7-12-5-2-3-6-13(12)11-14/h7-8,11H,2-6,9-10H2,1H3. The SMILES string of the molecule is CC1(c2ccc3c(c2)CCCC3)OCCCO1. The summed E-state index contributed by atoms with van der Waals surface area (Å²) in [5.41, 5.74) is 4.19. The number of ether oxygens (including phenoxy) is 2. The smallest absolute Gasteiger partial charge is 0.191 e. The Morgan fingerprint density at radius 1 is 0.941 bits per heavy atom. The Morgan fingerprint density at radius 2 is 1.65 bits per heavy atom. The topological polar surface area (TPSA) is 18.5 Å². The fourth-order valence-corrected chi connectivity index (χ4v) is 2.82. The van der Waals surface area contributed by atoms with Gasteiger partial charge in [-0.1, -0.05) is 18.2 Å². The summed E-state index contributed by atoms with van der Waals surface area (Å²) in [4.78, 5) is 0. The number of hydrogen-bond donors (Lipinski definition) is 0. The van der Waals surface area contributed by atoms with Gasteiger partial charge in [0.25, 0.3) is 0 Å². The Balaban J connectivity index is 1.92. The average molecular weight is 232 g/mol. The minimum Gasteiger partial charge on any atom is -0.346 e. The molecule has 92 valence electrons. The van der Waals surface area contributed by atoms with E-state index in [1.165, 1.54) is 42.4 Å². The number of rotatable bonds is 1. The molecule has 0 unspecified atom stereocenters. The summed E-state index contributed by atoms with van der Waals surface area (Å²) in [5, 5.41) is 0. The van der Waals surface area contributed by atoms with Crippen molar-refractivity contribution < 1.29 is 9.47 Å². The Kier molecular flexibility index (Phi) is 2.93. The van der Waals surface area contributed by atoms with E-state index in [0.29, 0.717) is 0 Å². The quantitative estimate of drug-likeness (QED) is 0.740. The predicted molar refractivity (Wildman–Crippen MR) is 67.0 cm³/mol. The molecule has 0 saturated carbocycles. The van der Waals surface area contributed by atoms with E-state index in [1.54, 1.807) is 0 Å². The van der Waals surface area contributed by atoms with Gasteiger partial charge in [0.2, 0.25) is 0 Å². The fraction of sp³-hybridized carbons (Fsp3) is 0.600. The van der Waals surface area contributed by atoms with E-state index in [1.807, 2.05) is 6.92 Å². The van der Waals surface area contributed by atoms with Crippen LogP contribution in [0.25, 0.3) is 0 Å².